The van der Waals surface area contributed by atoms with Crippen molar-refractivity contribution in [1.29, 1.82) is 0 Å². The molecule has 1 heterocycles. The third kappa shape index (κ3) is 3.70. The van der Waals surface area contributed by atoms with E-state index in [-0.39, 0.29) is 25.5 Å². The molecule has 0 amide bonds. The van der Waals surface area contributed by atoms with Gasteiger partial charge in [0.2, 0.25) is 0 Å². The molecule has 0 saturated carbocycles. The van der Waals surface area contributed by atoms with Gasteiger partial charge in [-0.1, -0.05) is 23.2 Å². The second-order valence-corrected chi connectivity index (χ2v) is 9.00. The summed E-state index contributed by atoms with van der Waals surface area (Å²) in [5, 5.41) is 9.13. The molecule has 0 fully saturated rings. The normalized spacial score (nSPS) is 11.4. The van der Waals surface area contributed by atoms with E-state index in [2.05, 4.69) is 20.7 Å². The summed E-state index contributed by atoms with van der Waals surface area (Å²) in [6, 6.07) is 5.35. The smallest absolute Gasteiger partial charge is 0.337 e. The van der Waals surface area contributed by atoms with Crippen LogP contribution in [0.3, 0.4) is 0 Å². The molecule has 2 aromatic rings. The van der Waals surface area contributed by atoms with Crippen LogP contribution in [-0.4, -0.2) is 19.5 Å². The number of aromatic carboxylic acids is 1. The van der Waals surface area contributed by atoms with Crippen LogP contribution < -0.4 is 4.72 Å². The Morgan fingerprint density at radius 2 is 1.95 bits per heavy atom. The highest BCUT2D eigenvalue weighted by atomic mass is 79.9. The average molecular weight is 431 g/mol. The fraction of sp³-hybridized carbons (Fsp3) is 0. The number of hydrogen-bond acceptors (Lipinski definition) is 4. The molecule has 0 bridgehead atoms. The number of carbonyl (C=O) groups is 1. The molecule has 21 heavy (non-hydrogen) atoms. The Kier molecular flexibility index (Phi) is 4.84. The Labute approximate surface area is 142 Å². The lowest BCUT2D eigenvalue weighted by Crippen LogP contribution is -2.15. The summed E-state index contributed by atoms with van der Waals surface area (Å²) in [6.07, 6.45) is 0. The molecule has 10 heteroatoms. The Balaban J connectivity index is 2.51. The van der Waals surface area contributed by atoms with E-state index in [0.717, 1.165) is 17.4 Å². The fourth-order valence-electron chi connectivity index (χ4n) is 1.47. The summed E-state index contributed by atoms with van der Waals surface area (Å²) in [4.78, 5) is 11.2. The van der Waals surface area contributed by atoms with Crippen molar-refractivity contribution < 1.29 is 18.3 Å². The predicted octanol–water partition coefficient (Wildman–Crippen LogP) is 4.32. The van der Waals surface area contributed by atoms with Crippen LogP contribution in [0.4, 0.5) is 5.69 Å². The third-order valence-electron chi connectivity index (χ3n) is 2.34. The van der Waals surface area contributed by atoms with E-state index in [0.29, 0.717) is 3.79 Å². The van der Waals surface area contributed by atoms with Crippen molar-refractivity contribution >= 4 is 72.1 Å². The highest BCUT2D eigenvalue weighted by Gasteiger charge is 2.23. The zero-order valence-electron chi connectivity index (χ0n) is 9.93. The standard InChI is InChI=1S/C11H6BrCl2NO4S2/c12-8-1-2-9(20-8)21(18,19)15-10-6(11(16)17)3-5(13)4-7(10)14/h1-4,15H,(H,16,17). The minimum absolute atomic E-state index is 0.0248. The summed E-state index contributed by atoms with van der Waals surface area (Å²) < 4.78 is 27.3. The van der Waals surface area contributed by atoms with Gasteiger partial charge in [-0.3, -0.25) is 4.72 Å². The number of rotatable bonds is 4. The van der Waals surface area contributed by atoms with Crippen molar-refractivity contribution in [1.82, 2.24) is 0 Å². The van der Waals surface area contributed by atoms with E-state index in [4.69, 9.17) is 28.3 Å². The lowest BCUT2D eigenvalue weighted by atomic mass is 10.2. The molecule has 0 saturated heterocycles. The Morgan fingerprint density at radius 3 is 2.48 bits per heavy atom. The van der Waals surface area contributed by atoms with Crippen molar-refractivity contribution in [3.8, 4) is 0 Å². The molecule has 0 unspecified atom stereocenters. The van der Waals surface area contributed by atoms with Gasteiger partial charge < -0.3 is 5.11 Å². The van der Waals surface area contributed by atoms with Crippen molar-refractivity contribution in [3.63, 3.8) is 0 Å². The van der Waals surface area contributed by atoms with Crippen molar-refractivity contribution in [2.45, 2.75) is 4.21 Å². The molecule has 5 nitrogen and oxygen atoms in total. The molecule has 112 valence electrons. The van der Waals surface area contributed by atoms with Gasteiger partial charge in [-0.15, -0.1) is 11.3 Å². The molecule has 2 rings (SSSR count). The third-order valence-corrected chi connectivity index (χ3v) is 6.32. The summed E-state index contributed by atoms with van der Waals surface area (Å²) in [6.45, 7) is 0. The maximum absolute atomic E-state index is 12.2. The Bertz CT molecular complexity index is 820. The van der Waals surface area contributed by atoms with Gasteiger partial charge in [-0.2, -0.15) is 0 Å². The number of sulfonamides is 1. The first-order chi connectivity index (χ1) is 9.70. The number of halogens is 3. The van der Waals surface area contributed by atoms with E-state index in [9.17, 15) is 13.2 Å². The van der Waals surface area contributed by atoms with Crippen molar-refractivity contribution in [3.05, 3.63) is 43.7 Å². The van der Waals surface area contributed by atoms with Crippen LogP contribution in [0, 0.1) is 0 Å². The number of thiophene rings is 1. The Morgan fingerprint density at radius 1 is 1.29 bits per heavy atom. The molecule has 0 aliphatic rings. The van der Waals surface area contributed by atoms with Crippen LogP contribution in [0.5, 0.6) is 0 Å². The quantitative estimate of drug-likeness (QED) is 0.756. The number of carboxylic acid groups (broad SMARTS) is 1. The molecule has 0 atom stereocenters. The van der Waals surface area contributed by atoms with Crippen LogP contribution in [0.15, 0.2) is 32.3 Å². The van der Waals surface area contributed by atoms with E-state index in [1.807, 2.05) is 0 Å². The van der Waals surface area contributed by atoms with Crippen molar-refractivity contribution in [2.24, 2.45) is 0 Å². The molecule has 0 spiro atoms. The average Bonchev–Trinajstić information content (AvgIpc) is 2.79. The molecule has 1 aromatic carbocycles. The van der Waals surface area contributed by atoms with Crippen LogP contribution in [0.25, 0.3) is 0 Å². The second-order valence-electron chi connectivity index (χ2n) is 3.78. The number of anilines is 1. The molecule has 2 N–H and O–H groups in total. The van der Waals surface area contributed by atoms with Gasteiger partial charge in [0.05, 0.1) is 20.1 Å². The maximum Gasteiger partial charge on any atom is 0.337 e. The number of nitrogens with one attached hydrogen (secondary N) is 1. The van der Waals surface area contributed by atoms with Gasteiger partial charge >= 0.3 is 5.97 Å². The van der Waals surface area contributed by atoms with E-state index < -0.39 is 16.0 Å². The van der Waals surface area contributed by atoms with Crippen LogP contribution >= 0.6 is 50.5 Å². The summed E-state index contributed by atoms with van der Waals surface area (Å²) in [5.41, 5.74) is -0.551. The summed E-state index contributed by atoms with van der Waals surface area (Å²) >= 11 is 15.8. The van der Waals surface area contributed by atoms with Gasteiger partial charge in [0.25, 0.3) is 10.0 Å². The monoisotopic (exact) mass is 429 g/mol. The molecule has 0 aliphatic carbocycles. The van der Waals surface area contributed by atoms with E-state index in [1.165, 1.54) is 12.1 Å². The number of benzene rings is 1. The molecule has 0 radical (unpaired) electrons. The van der Waals surface area contributed by atoms with E-state index >= 15 is 0 Å². The maximum atomic E-state index is 12.2. The zero-order valence-corrected chi connectivity index (χ0v) is 14.7. The second kappa shape index (κ2) is 6.13. The topological polar surface area (TPSA) is 83.5 Å². The first kappa shape index (κ1) is 16.6. The lowest BCUT2D eigenvalue weighted by molar-refractivity contribution is 0.0698. The van der Waals surface area contributed by atoms with Gasteiger partial charge in [0.15, 0.2) is 0 Å². The highest BCUT2D eigenvalue weighted by molar-refractivity contribution is 9.11. The lowest BCUT2D eigenvalue weighted by Gasteiger charge is -2.11. The Hall–Kier alpha value is -0.800. The largest absolute Gasteiger partial charge is 0.478 e. The first-order valence-corrected chi connectivity index (χ1v) is 9.06. The molecule has 1 aromatic heterocycles. The van der Waals surface area contributed by atoms with Crippen LogP contribution in [0.1, 0.15) is 10.4 Å². The van der Waals surface area contributed by atoms with Gasteiger partial charge in [0.1, 0.15) is 4.21 Å². The van der Waals surface area contributed by atoms with Crippen LogP contribution in [0.2, 0.25) is 10.0 Å². The SMILES string of the molecule is O=C(O)c1cc(Cl)cc(Cl)c1NS(=O)(=O)c1ccc(Br)s1. The summed E-state index contributed by atoms with van der Waals surface area (Å²) in [7, 11) is -3.94. The fourth-order valence-corrected chi connectivity index (χ4v) is 5.18. The van der Waals surface area contributed by atoms with Crippen molar-refractivity contribution in [2.75, 3.05) is 4.72 Å². The predicted molar refractivity (Wildman–Crippen MR) is 86.2 cm³/mol. The van der Waals surface area contributed by atoms with Crippen LogP contribution in [-0.2, 0) is 10.0 Å². The minimum atomic E-state index is -3.94. The number of hydrogen-bond donors (Lipinski definition) is 2. The minimum Gasteiger partial charge on any atom is -0.478 e. The molecular formula is C11H6BrCl2NO4S2. The van der Waals surface area contributed by atoms with E-state index in [1.54, 1.807) is 6.07 Å². The van der Waals surface area contributed by atoms with Gasteiger partial charge in [-0.05, 0) is 40.2 Å². The first-order valence-electron chi connectivity index (χ1n) is 5.21. The van der Waals surface area contributed by atoms with Gasteiger partial charge in [0, 0.05) is 5.02 Å². The highest BCUT2D eigenvalue weighted by Crippen LogP contribution is 2.34. The summed E-state index contributed by atoms with van der Waals surface area (Å²) in [5.74, 6) is -1.34. The molecular weight excluding hydrogens is 425 g/mol. The molecule has 0 aliphatic heterocycles. The zero-order chi connectivity index (χ0) is 15.8. The number of carboxylic acids is 1. The van der Waals surface area contributed by atoms with Gasteiger partial charge in [-0.25, -0.2) is 13.2 Å².